The molecule has 1 aliphatic rings. The average Bonchev–Trinajstić information content (AvgIpc) is 3.04. The minimum atomic E-state index is 0. The summed E-state index contributed by atoms with van der Waals surface area (Å²) >= 11 is 0. The Morgan fingerprint density at radius 1 is 1.16 bits per heavy atom. The molecule has 2 N–H and O–H groups in total. The second kappa shape index (κ2) is 7.03. The van der Waals surface area contributed by atoms with E-state index in [0.29, 0.717) is 19.8 Å². The number of ether oxygens (including phenoxy) is 3. The van der Waals surface area contributed by atoms with Crippen molar-refractivity contribution in [1.29, 1.82) is 5.41 Å². The molecule has 25 heavy (non-hydrogen) atoms. The normalized spacial score (nSPS) is 12.5. The van der Waals surface area contributed by atoms with Crippen molar-refractivity contribution in [2.45, 2.75) is 6.92 Å². The lowest BCUT2D eigenvalue weighted by Gasteiger charge is -2.18. The van der Waals surface area contributed by atoms with Gasteiger partial charge in [0.25, 0.3) is 0 Å². The van der Waals surface area contributed by atoms with Gasteiger partial charge in [-0.1, -0.05) is 0 Å². The van der Waals surface area contributed by atoms with Crippen molar-refractivity contribution in [1.82, 2.24) is 10.2 Å². The smallest absolute Gasteiger partial charge is 0.213 e. The summed E-state index contributed by atoms with van der Waals surface area (Å²) < 4.78 is 16.5. The van der Waals surface area contributed by atoms with Gasteiger partial charge in [-0.15, -0.1) is 12.4 Å². The summed E-state index contributed by atoms with van der Waals surface area (Å²) in [7, 11) is 0. The van der Waals surface area contributed by atoms with Crippen molar-refractivity contribution < 1.29 is 14.2 Å². The molecule has 0 spiro atoms. The highest BCUT2D eigenvalue weighted by molar-refractivity contribution is 6.00. The predicted molar refractivity (Wildman–Crippen MR) is 98.2 cm³/mol. The molecule has 4 rings (SSSR count). The summed E-state index contributed by atoms with van der Waals surface area (Å²) in [5.41, 5.74) is 3.39. The molecule has 0 radical (unpaired) electrons. The fourth-order valence-electron chi connectivity index (χ4n) is 2.79. The number of benzene rings is 2. The molecule has 3 aromatic rings. The first-order chi connectivity index (χ1) is 11.8. The number of hydrogen-bond acceptors (Lipinski definition) is 5. The number of aromatic nitrogens is 2. The number of H-pyrrole nitrogens is 1. The first-order valence-corrected chi connectivity index (χ1v) is 7.86. The Bertz CT molecular complexity index is 923. The van der Waals surface area contributed by atoms with Crippen LogP contribution in [-0.2, 0) is 4.74 Å². The highest BCUT2D eigenvalue weighted by Gasteiger charge is 2.16. The molecule has 0 aliphatic carbocycles. The Hall–Kier alpha value is -2.73. The first kappa shape index (κ1) is 17.1. The molecule has 1 aromatic heterocycles. The quantitative estimate of drug-likeness (QED) is 0.551. The van der Waals surface area contributed by atoms with Gasteiger partial charge in [-0.05, 0) is 43.3 Å². The van der Waals surface area contributed by atoms with Crippen LogP contribution in [0.4, 0.5) is 0 Å². The lowest BCUT2D eigenvalue weighted by Crippen LogP contribution is -2.15. The zero-order valence-corrected chi connectivity index (χ0v) is 14.5. The maximum atomic E-state index is 7.97. The largest absolute Gasteiger partial charge is 0.486 e. The van der Waals surface area contributed by atoms with Gasteiger partial charge < -0.3 is 14.2 Å². The van der Waals surface area contributed by atoms with Crippen LogP contribution >= 0.6 is 12.4 Å². The van der Waals surface area contributed by atoms with E-state index in [0.717, 1.165) is 39.2 Å². The molecule has 0 saturated heterocycles. The number of rotatable bonds is 3. The molecular weight excluding hydrogens is 342 g/mol. The van der Waals surface area contributed by atoms with Crippen molar-refractivity contribution in [3.05, 3.63) is 42.0 Å². The van der Waals surface area contributed by atoms with E-state index in [1.165, 1.54) is 0 Å². The third-order valence-corrected chi connectivity index (χ3v) is 3.93. The molecule has 0 bridgehead atoms. The lowest BCUT2D eigenvalue weighted by molar-refractivity contribution is 0.171. The second-order valence-corrected chi connectivity index (χ2v) is 5.45. The van der Waals surface area contributed by atoms with E-state index in [9.17, 15) is 0 Å². The fourth-order valence-corrected chi connectivity index (χ4v) is 2.79. The third-order valence-electron chi connectivity index (χ3n) is 3.93. The Morgan fingerprint density at radius 3 is 2.76 bits per heavy atom. The summed E-state index contributed by atoms with van der Waals surface area (Å²) in [5.74, 6) is 1.64. The zero-order valence-electron chi connectivity index (χ0n) is 13.7. The van der Waals surface area contributed by atoms with Crippen LogP contribution in [0.3, 0.4) is 0 Å². The van der Waals surface area contributed by atoms with E-state index < -0.39 is 0 Å². The number of halogens is 1. The van der Waals surface area contributed by atoms with Gasteiger partial charge in [0.05, 0.1) is 12.1 Å². The molecular formula is C18H18ClN3O3. The van der Waals surface area contributed by atoms with Gasteiger partial charge in [-0.2, -0.15) is 5.10 Å². The van der Waals surface area contributed by atoms with E-state index in [1.807, 2.05) is 43.3 Å². The maximum absolute atomic E-state index is 7.97. The maximum Gasteiger partial charge on any atom is 0.213 e. The molecule has 0 unspecified atom stereocenters. The van der Waals surface area contributed by atoms with Gasteiger partial charge >= 0.3 is 0 Å². The highest BCUT2D eigenvalue weighted by Crippen LogP contribution is 2.36. The van der Waals surface area contributed by atoms with Crippen LogP contribution in [0.15, 0.2) is 36.4 Å². The molecule has 2 heterocycles. The van der Waals surface area contributed by atoms with E-state index in [4.69, 9.17) is 19.6 Å². The van der Waals surface area contributed by atoms with Crippen LogP contribution < -0.4 is 9.47 Å². The van der Waals surface area contributed by atoms with E-state index in [-0.39, 0.29) is 18.3 Å². The Labute approximate surface area is 151 Å². The minimum Gasteiger partial charge on any atom is -0.486 e. The monoisotopic (exact) mass is 359 g/mol. The van der Waals surface area contributed by atoms with E-state index in [1.54, 1.807) is 0 Å². The van der Waals surface area contributed by atoms with E-state index in [2.05, 4.69) is 10.2 Å². The predicted octanol–water partition coefficient (Wildman–Crippen LogP) is 3.78. The van der Waals surface area contributed by atoms with Gasteiger partial charge in [0.2, 0.25) is 5.90 Å². The van der Waals surface area contributed by atoms with Crippen LogP contribution in [0.2, 0.25) is 0 Å². The molecule has 6 nitrogen and oxygen atoms in total. The Balaban J connectivity index is 0.00000182. The molecule has 1 aliphatic heterocycles. The van der Waals surface area contributed by atoms with Crippen molar-refractivity contribution in [3.63, 3.8) is 0 Å². The molecule has 7 heteroatoms. The van der Waals surface area contributed by atoms with Gasteiger partial charge in [-0.25, -0.2) is 0 Å². The molecule has 2 aromatic carbocycles. The van der Waals surface area contributed by atoms with Gasteiger partial charge in [0.15, 0.2) is 11.5 Å². The highest BCUT2D eigenvalue weighted by atomic mass is 35.5. The summed E-state index contributed by atoms with van der Waals surface area (Å²) in [6.45, 7) is 3.46. The van der Waals surface area contributed by atoms with Crippen LogP contribution in [0.25, 0.3) is 22.2 Å². The number of fused-ring (bicyclic) bond motifs is 2. The Kier molecular flexibility index (Phi) is 4.81. The minimum absolute atomic E-state index is 0. The molecule has 0 fully saturated rings. The number of hydrogen-bond donors (Lipinski definition) is 2. The lowest BCUT2D eigenvalue weighted by atomic mass is 10.0. The average molecular weight is 360 g/mol. The number of nitrogens with zero attached hydrogens (tertiary/aromatic N) is 1. The zero-order chi connectivity index (χ0) is 16.5. The van der Waals surface area contributed by atoms with Crippen LogP contribution in [0, 0.1) is 5.41 Å². The van der Waals surface area contributed by atoms with Crippen LogP contribution in [0.1, 0.15) is 12.5 Å². The van der Waals surface area contributed by atoms with Gasteiger partial charge in [-0.3, -0.25) is 10.5 Å². The van der Waals surface area contributed by atoms with Crippen LogP contribution in [-0.4, -0.2) is 35.9 Å². The third kappa shape index (κ3) is 3.13. The number of nitrogens with one attached hydrogen (secondary N) is 2. The van der Waals surface area contributed by atoms with E-state index >= 15 is 0 Å². The summed E-state index contributed by atoms with van der Waals surface area (Å²) in [6.07, 6.45) is 0. The van der Waals surface area contributed by atoms with Crippen LogP contribution in [0.5, 0.6) is 11.5 Å². The van der Waals surface area contributed by atoms with Crippen molar-refractivity contribution in [2.24, 2.45) is 0 Å². The molecule has 130 valence electrons. The fraction of sp³-hybridized carbons (Fsp3) is 0.222. The second-order valence-electron chi connectivity index (χ2n) is 5.45. The standard InChI is InChI=1S/C18H17N3O3.ClH/c1-2-22-18(19)12-3-5-14-13(9-12)17(21-20-14)11-4-6-15-16(10-11)24-8-7-23-15;/h3-6,9-10,19H,2,7-8H2,1H3,(H,20,21);1H. The molecule has 0 saturated carbocycles. The van der Waals surface area contributed by atoms with Crippen molar-refractivity contribution in [2.75, 3.05) is 19.8 Å². The number of aromatic amines is 1. The molecule has 0 atom stereocenters. The summed E-state index contributed by atoms with van der Waals surface area (Å²) in [4.78, 5) is 0. The summed E-state index contributed by atoms with van der Waals surface area (Å²) in [5, 5.41) is 16.4. The SMILES string of the molecule is CCOC(=N)c1ccc2[nH]nc(-c3ccc4c(c3)OCCO4)c2c1.Cl. The van der Waals surface area contributed by atoms with Crippen molar-refractivity contribution in [3.8, 4) is 22.8 Å². The van der Waals surface area contributed by atoms with Gasteiger partial charge in [0, 0.05) is 16.5 Å². The molecule has 0 amide bonds. The summed E-state index contributed by atoms with van der Waals surface area (Å²) in [6, 6.07) is 11.5. The topological polar surface area (TPSA) is 80.2 Å². The Morgan fingerprint density at radius 2 is 1.96 bits per heavy atom. The van der Waals surface area contributed by atoms with Gasteiger partial charge in [0.1, 0.15) is 18.9 Å². The van der Waals surface area contributed by atoms with Crippen molar-refractivity contribution >= 4 is 29.2 Å². The first-order valence-electron chi connectivity index (χ1n) is 7.86.